The quantitative estimate of drug-likeness (QED) is 0.855. The highest BCUT2D eigenvalue weighted by atomic mass is 16.8. The minimum Gasteiger partial charge on any atom is -0.368 e. The van der Waals surface area contributed by atoms with Crippen LogP contribution in [0.25, 0.3) is 0 Å². The second-order valence-electron chi connectivity index (χ2n) is 7.07. The minimum atomic E-state index is -0.595. The van der Waals surface area contributed by atoms with E-state index in [4.69, 9.17) is 18.9 Å². The topological polar surface area (TPSA) is 36.9 Å². The zero-order valence-electron chi connectivity index (χ0n) is 13.5. The molecule has 3 aliphatic rings. The number of rotatable bonds is 4. The van der Waals surface area contributed by atoms with Gasteiger partial charge in [-0.1, -0.05) is 43.7 Å². The van der Waals surface area contributed by atoms with Crippen molar-refractivity contribution in [3.63, 3.8) is 0 Å². The van der Waals surface area contributed by atoms with Crippen LogP contribution in [0.3, 0.4) is 0 Å². The maximum absolute atomic E-state index is 6.28. The average molecular weight is 304 g/mol. The molecule has 0 N–H and O–H groups in total. The molecule has 1 aromatic rings. The molecule has 1 saturated carbocycles. The Labute approximate surface area is 131 Å². The van der Waals surface area contributed by atoms with Gasteiger partial charge in [0.25, 0.3) is 0 Å². The van der Waals surface area contributed by atoms with Crippen molar-refractivity contribution in [2.75, 3.05) is 0 Å². The molecule has 0 bridgehead atoms. The van der Waals surface area contributed by atoms with Crippen LogP contribution in [0.4, 0.5) is 0 Å². The molecular weight excluding hydrogens is 280 g/mol. The Morgan fingerprint density at radius 1 is 1.14 bits per heavy atom. The fourth-order valence-corrected chi connectivity index (χ4v) is 3.92. The van der Waals surface area contributed by atoms with Crippen LogP contribution in [-0.2, 0) is 25.6 Å². The van der Waals surface area contributed by atoms with E-state index in [1.165, 1.54) is 5.56 Å². The fraction of sp³-hybridized carbons (Fsp3) is 0.667. The normalized spacial score (nSPS) is 41.8. The van der Waals surface area contributed by atoms with Crippen molar-refractivity contribution in [1.82, 2.24) is 0 Å². The molecule has 120 valence electrons. The third kappa shape index (κ3) is 2.29. The molecule has 22 heavy (non-hydrogen) atoms. The van der Waals surface area contributed by atoms with E-state index in [1.54, 1.807) is 0 Å². The summed E-state index contributed by atoms with van der Waals surface area (Å²) in [5.74, 6) is -0.0452. The molecule has 4 nitrogen and oxygen atoms in total. The van der Waals surface area contributed by atoms with Crippen LogP contribution in [-0.4, -0.2) is 29.9 Å². The summed E-state index contributed by atoms with van der Waals surface area (Å²) in [6.07, 6.45) is 1.67. The largest absolute Gasteiger partial charge is 0.368 e. The van der Waals surface area contributed by atoms with Crippen molar-refractivity contribution in [3.8, 4) is 0 Å². The molecule has 1 spiro atoms. The lowest BCUT2D eigenvalue weighted by Crippen LogP contribution is -2.39. The van der Waals surface area contributed by atoms with Gasteiger partial charge < -0.3 is 18.9 Å². The van der Waals surface area contributed by atoms with Crippen LogP contribution < -0.4 is 0 Å². The highest BCUT2D eigenvalue weighted by Gasteiger charge is 2.72. The molecule has 0 radical (unpaired) electrons. The summed E-state index contributed by atoms with van der Waals surface area (Å²) in [5.41, 5.74) is 0.975. The fourth-order valence-electron chi connectivity index (χ4n) is 3.92. The van der Waals surface area contributed by atoms with E-state index >= 15 is 0 Å². The Bertz CT molecular complexity index is 543. The van der Waals surface area contributed by atoms with Crippen molar-refractivity contribution < 1.29 is 18.9 Å². The summed E-state index contributed by atoms with van der Waals surface area (Å²) < 4.78 is 24.5. The van der Waals surface area contributed by atoms with Crippen LogP contribution in [0.1, 0.15) is 39.2 Å². The van der Waals surface area contributed by atoms with Gasteiger partial charge in [-0.05, 0) is 31.7 Å². The summed E-state index contributed by atoms with van der Waals surface area (Å²) >= 11 is 0. The van der Waals surface area contributed by atoms with Gasteiger partial charge in [0.1, 0.15) is 17.8 Å². The van der Waals surface area contributed by atoms with E-state index in [9.17, 15) is 0 Å². The lowest BCUT2D eigenvalue weighted by Gasteiger charge is -2.26. The van der Waals surface area contributed by atoms with E-state index in [2.05, 4.69) is 19.1 Å². The first kappa shape index (κ1) is 14.6. The molecule has 3 fully saturated rings. The molecule has 1 unspecified atom stereocenters. The Kier molecular flexibility index (Phi) is 3.35. The van der Waals surface area contributed by atoms with Gasteiger partial charge in [0.2, 0.25) is 0 Å². The Balaban J connectivity index is 1.51. The number of fused-ring (bicyclic) bond motifs is 1. The Morgan fingerprint density at radius 2 is 1.91 bits per heavy atom. The van der Waals surface area contributed by atoms with Crippen molar-refractivity contribution in [2.45, 2.75) is 70.1 Å². The van der Waals surface area contributed by atoms with E-state index in [-0.39, 0.29) is 24.1 Å². The summed E-state index contributed by atoms with van der Waals surface area (Å²) in [5, 5.41) is 0. The first-order valence-corrected chi connectivity index (χ1v) is 8.23. The molecule has 5 atom stereocenters. The zero-order chi connectivity index (χ0) is 15.4. The smallest absolute Gasteiger partial charge is 0.190 e. The summed E-state index contributed by atoms with van der Waals surface area (Å²) in [6, 6.07) is 10.3. The maximum atomic E-state index is 6.28. The second kappa shape index (κ2) is 5.03. The van der Waals surface area contributed by atoms with Crippen LogP contribution in [0.5, 0.6) is 0 Å². The highest BCUT2D eigenvalue weighted by molar-refractivity contribution is 5.19. The first-order valence-electron chi connectivity index (χ1n) is 8.23. The number of hydrogen-bond acceptors (Lipinski definition) is 4. The van der Waals surface area contributed by atoms with Crippen LogP contribution in [0, 0.1) is 5.92 Å². The van der Waals surface area contributed by atoms with Crippen molar-refractivity contribution in [1.29, 1.82) is 0 Å². The third-order valence-corrected chi connectivity index (χ3v) is 5.07. The molecule has 2 aliphatic heterocycles. The van der Waals surface area contributed by atoms with Gasteiger partial charge in [-0.2, -0.15) is 0 Å². The lowest BCUT2D eigenvalue weighted by atomic mass is 10.1. The van der Waals surface area contributed by atoms with Crippen LogP contribution in [0.15, 0.2) is 30.3 Å². The predicted octanol–water partition coefficient (Wildman–Crippen LogP) is 3.25. The highest BCUT2D eigenvalue weighted by Crippen LogP contribution is 2.60. The molecule has 0 aromatic heterocycles. The molecule has 1 aliphatic carbocycles. The van der Waals surface area contributed by atoms with Gasteiger partial charge in [0, 0.05) is 0 Å². The van der Waals surface area contributed by atoms with Crippen molar-refractivity contribution >= 4 is 0 Å². The van der Waals surface area contributed by atoms with Gasteiger partial charge in [-0.15, -0.1) is 0 Å². The molecule has 2 heterocycles. The van der Waals surface area contributed by atoms with E-state index in [0.29, 0.717) is 12.5 Å². The molecule has 0 amide bonds. The Morgan fingerprint density at radius 3 is 2.59 bits per heavy atom. The van der Waals surface area contributed by atoms with Gasteiger partial charge in [0.05, 0.1) is 6.61 Å². The van der Waals surface area contributed by atoms with E-state index in [0.717, 1.165) is 12.8 Å². The van der Waals surface area contributed by atoms with Gasteiger partial charge in [-0.25, -0.2) is 0 Å². The van der Waals surface area contributed by atoms with Gasteiger partial charge in [0.15, 0.2) is 12.1 Å². The standard InChI is InChI=1S/C18H24O4/c1-4-13-10-18(13)15(19-11-12-8-6-5-7-9-12)14-16(22-18)21-17(2,3)20-14/h5-9,13-16H,4,10-11H2,1-3H3/t13-,14+,15?,16+,18+/m1/s1. The summed E-state index contributed by atoms with van der Waals surface area (Å²) in [6.45, 7) is 6.65. The average Bonchev–Trinajstić information content (AvgIpc) is 3.02. The predicted molar refractivity (Wildman–Crippen MR) is 81.1 cm³/mol. The van der Waals surface area contributed by atoms with Gasteiger partial charge in [-0.3, -0.25) is 0 Å². The van der Waals surface area contributed by atoms with Crippen molar-refractivity contribution in [2.24, 2.45) is 5.92 Å². The summed E-state index contributed by atoms with van der Waals surface area (Å²) in [7, 11) is 0. The number of ether oxygens (including phenoxy) is 4. The molecule has 4 heteroatoms. The minimum absolute atomic E-state index is 0.0515. The van der Waals surface area contributed by atoms with E-state index < -0.39 is 5.79 Å². The van der Waals surface area contributed by atoms with Crippen LogP contribution in [0.2, 0.25) is 0 Å². The Hall–Kier alpha value is -0.940. The molecule has 1 aromatic carbocycles. The second-order valence-corrected chi connectivity index (χ2v) is 7.07. The third-order valence-electron chi connectivity index (χ3n) is 5.07. The zero-order valence-corrected chi connectivity index (χ0v) is 13.5. The van der Waals surface area contributed by atoms with Crippen LogP contribution >= 0.6 is 0 Å². The van der Waals surface area contributed by atoms with Crippen molar-refractivity contribution in [3.05, 3.63) is 35.9 Å². The SMILES string of the molecule is CC[C@@H]1C[C@]12O[C@@H]1OC(C)(C)O[C@H]1C2OCc1ccccc1. The molecule has 2 saturated heterocycles. The maximum Gasteiger partial charge on any atom is 0.190 e. The molecule has 4 rings (SSSR count). The number of benzene rings is 1. The first-order chi connectivity index (χ1) is 10.5. The molecular formula is C18H24O4. The summed E-state index contributed by atoms with van der Waals surface area (Å²) in [4.78, 5) is 0. The van der Waals surface area contributed by atoms with Gasteiger partial charge >= 0.3 is 0 Å². The number of hydrogen-bond donors (Lipinski definition) is 0. The lowest BCUT2D eigenvalue weighted by molar-refractivity contribution is -0.227. The monoisotopic (exact) mass is 304 g/mol. The van der Waals surface area contributed by atoms with E-state index in [1.807, 2.05) is 32.0 Å².